The first-order valence-electron chi connectivity index (χ1n) is 14.8. The molecule has 1 aliphatic heterocycles. The van der Waals surface area contributed by atoms with Crippen LogP contribution in [0.4, 0.5) is 0 Å². The van der Waals surface area contributed by atoms with E-state index in [2.05, 4.69) is 36.4 Å². The van der Waals surface area contributed by atoms with Crippen LogP contribution in [0.1, 0.15) is 50.3 Å². The number of nitrogens with zero attached hydrogens (tertiary/aromatic N) is 2. The lowest BCUT2D eigenvalue weighted by Gasteiger charge is -2.29. The van der Waals surface area contributed by atoms with Crippen molar-refractivity contribution in [1.82, 2.24) is 5.01 Å². The van der Waals surface area contributed by atoms with Crippen LogP contribution in [0.2, 0.25) is 0 Å². The van der Waals surface area contributed by atoms with Crippen LogP contribution in [0, 0.1) is 5.92 Å². The van der Waals surface area contributed by atoms with Gasteiger partial charge in [-0.05, 0) is 103 Å². The Balaban J connectivity index is 1.29. The van der Waals surface area contributed by atoms with Gasteiger partial charge in [-0.2, -0.15) is 5.10 Å². The van der Waals surface area contributed by atoms with Gasteiger partial charge in [0.05, 0.1) is 25.0 Å². The fourth-order valence-corrected chi connectivity index (χ4v) is 5.96. The number of fused-ring (bicyclic) bond motifs is 2. The second kappa shape index (κ2) is 12.5. The van der Waals surface area contributed by atoms with Crippen LogP contribution in [0.5, 0.6) is 17.2 Å². The Morgan fingerprint density at radius 1 is 0.833 bits per heavy atom. The molecule has 1 heterocycles. The van der Waals surface area contributed by atoms with Gasteiger partial charge in [-0.3, -0.25) is 4.79 Å². The number of benzene rings is 4. The summed E-state index contributed by atoms with van der Waals surface area (Å²) >= 11 is 0. The van der Waals surface area contributed by atoms with Crippen LogP contribution in [0.15, 0.2) is 102 Å². The summed E-state index contributed by atoms with van der Waals surface area (Å²) in [5, 5.41) is 8.88. The summed E-state index contributed by atoms with van der Waals surface area (Å²) in [7, 11) is 0. The standard InChI is InChI=1S/C36H36N2O4/c1-3-40-30-17-12-25(13-18-30)22-29-10-7-11-33-35(29)37-38(36(33)27-15-19-31(20-16-27)41-4-2)34(39)24-42-32-21-14-26-8-5-6-9-28(26)23-32/h5-6,8-9,12-23,33,36H,3-4,7,10-11,24H2,1-2H3/b29-22+. The number of hydrogen-bond donors (Lipinski definition) is 0. The predicted octanol–water partition coefficient (Wildman–Crippen LogP) is 7.84. The van der Waals surface area contributed by atoms with E-state index in [0.29, 0.717) is 19.0 Å². The van der Waals surface area contributed by atoms with Gasteiger partial charge in [0.2, 0.25) is 0 Å². The smallest absolute Gasteiger partial charge is 0.281 e. The lowest BCUT2D eigenvalue weighted by atomic mass is 9.77. The third-order valence-electron chi connectivity index (χ3n) is 7.90. The number of rotatable bonds is 9. The van der Waals surface area contributed by atoms with E-state index in [9.17, 15) is 4.79 Å². The highest BCUT2D eigenvalue weighted by atomic mass is 16.5. The van der Waals surface area contributed by atoms with E-state index in [1.165, 1.54) is 5.57 Å². The number of carbonyl (C=O) groups is 1. The molecule has 1 saturated carbocycles. The molecule has 6 rings (SSSR count). The topological polar surface area (TPSA) is 60.4 Å². The van der Waals surface area contributed by atoms with Gasteiger partial charge in [-0.25, -0.2) is 5.01 Å². The number of ether oxygens (including phenoxy) is 3. The minimum Gasteiger partial charge on any atom is -0.494 e. The van der Waals surface area contributed by atoms with Crippen molar-refractivity contribution >= 4 is 28.5 Å². The molecule has 42 heavy (non-hydrogen) atoms. The molecule has 214 valence electrons. The number of carbonyl (C=O) groups excluding carboxylic acids is 1. The summed E-state index contributed by atoms with van der Waals surface area (Å²) < 4.78 is 17.3. The first kappa shape index (κ1) is 27.6. The van der Waals surface area contributed by atoms with Crippen LogP contribution < -0.4 is 14.2 Å². The highest BCUT2D eigenvalue weighted by molar-refractivity contribution is 6.08. The van der Waals surface area contributed by atoms with Crippen LogP contribution in [0.3, 0.4) is 0 Å². The molecule has 1 amide bonds. The molecule has 2 aliphatic rings. The van der Waals surface area contributed by atoms with E-state index in [-0.39, 0.29) is 24.5 Å². The molecular weight excluding hydrogens is 524 g/mol. The Morgan fingerprint density at radius 3 is 2.21 bits per heavy atom. The monoisotopic (exact) mass is 560 g/mol. The van der Waals surface area contributed by atoms with Gasteiger partial charge in [0.1, 0.15) is 17.2 Å². The molecule has 0 saturated heterocycles. The van der Waals surface area contributed by atoms with Gasteiger partial charge in [0.25, 0.3) is 5.91 Å². The number of amides is 1. The van der Waals surface area contributed by atoms with Crippen LogP contribution >= 0.6 is 0 Å². The SMILES string of the molecule is CCOc1ccc(/C=C2\CCCC3C2=NN(C(=O)COc2ccc4ccccc4c2)C3c2ccc(OCC)cc2)cc1. The summed E-state index contributed by atoms with van der Waals surface area (Å²) in [5.74, 6) is 2.29. The highest BCUT2D eigenvalue weighted by Gasteiger charge is 2.43. The maximum Gasteiger partial charge on any atom is 0.281 e. The van der Waals surface area contributed by atoms with Gasteiger partial charge >= 0.3 is 0 Å². The summed E-state index contributed by atoms with van der Waals surface area (Å²) in [6, 6.07) is 30.0. The van der Waals surface area contributed by atoms with Crippen molar-refractivity contribution in [2.24, 2.45) is 11.0 Å². The average Bonchev–Trinajstić information content (AvgIpc) is 3.42. The van der Waals surface area contributed by atoms with Crippen LogP contribution in [-0.2, 0) is 4.79 Å². The Hall–Kier alpha value is -4.58. The molecule has 0 N–H and O–H groups in total. The minimum atomic E-state index is -0.201. The van der Waals surface area contributed by atoms with E-state index in [1.54, 1.807) is 5.01 Å². The zero-order valence-electron chi connectivity index (χ0n) is 24.2. The second-order valence-corrected chi connectivity index (χ2v) is 10.6. The fraction of sp³-hybridized carbons (Fsp3) is 0.278. The lowest BCUT2D eigenvalue weighted by Crippen LogP contribution is -2.34. The first-order valence-corrected chi connectivity index (χ1v) is 14.8. The molecule has 4 aromatic carbocycles. The summed E-state index contributed by atoms with van der Waals surface area (Å²) in [6.45, 7) is 5.11. The summed E-state index contributed by atoms with van der Waals surface area (Å²) in [4.78, 5) is 13.8. The van der Waals surface area contributed by atoms with Crippen molar-refractivity contribution in [3.63, 3.8) is 0 Å². The predicted molar refractivity (Wildman–Crippen MR) is 167 cm³/mol. The fourth-order valence-electron chi connectivity index (χ4n) is 5.96. The van der Waals surface area contributed by atoms with Crippen molar-refractivity contribution < 1.29 is 19.0 Å². The Morgan fingerprint density at radius 2 is 1.50 bits per heavy atom. The van der Waals surface area contributed by atoms with Crippen molar-refractivity contribution in [2.45, 2.75) is 39.2 Å². The Labute approximate surface area is 247 Å². The molecule has 0 aromatic heterocycles. The van der Waals surface area contributed by atoms with Crippen molar-refractivity contribution in [3.05, 3.63) is 108 Å². The number of hydrogen-bond acceptors (Lipinski definition) is 5. The van der Waals surface area contributed by atoms with E-state index in [1.807, 2.05) is 74.5 Å². The number of hydrazone groups is 1. The largest absolute Gasteiger partial charge is 0.494 e. The van der Waals surface area contributed by atoms with Crippen LogP contribution in [-0.4, -0.2) is 36.4 Å². The van der Waals surface area contributed by atoms with E-state index in [4.69, 9.17) is 19.3 Å². The third-order valence-corrected chi connectivity index (χ3v) is 7.90. The molecule has 6 nitrogen and oxygen atoms in total. The molecule has 0 spiro atoms. The molecular formula is C36H36N2O4. The molecule has 2 unspecified atom stereocenters. The van der Waals surface area contributed by atoms with Gasteiger partial charge < -0.3 is 14.2 Å². The quantitative estimate of drug-likeness (QED) is 0.209. The first-order chi connectivity index (χ1) is 20.6. The maximum atomic E-state index is 13.8. The van der Waals surface area contributed by atoms with Gasteiger partial charge in [-0.1, -0.05) is 54.6 Å². The van der Waals surface area contributed by atoms with Crippen molar-refractivity contribution in [1.29, 1.82) is 0 Å². The second-order valence-electron chi connectivity index (χ2n) is 10.6. The van der Waals surface area contributed by atoms with E-state index >= 15 is 0 Å². The highest BCUT2D eigenvalue weighted by Crippen LogP contribution is 2.44. The van der Waals surface area contributed by atoms with E-state index < -0.39 is 0 Å². The van der Waals surface area contributed by atoms with E-state index in [0.717, 1.165) is 58.4 Å². The molecule has 0 radical (unpaired) electrons. The average molecular weight is 561 g/mol. The Kier molecular flexibility index (Phi) is 8.22. The number of allylic oxidation sites excluding steroid dienone is 1. The third kappa shape index (κ3) is 5.89. The van der Waals surface area contributed by atoms with Crippen molar-refractivity contribution in [3.8, 4) is 17.2 Å². The van der Waals surface area contributed by atoms with Crippen molar-refractivity contribution in [2.75, 3.05) is 19.8 Å². The van der Waals surface area contributed by atoms with Gasteiger partial charge in [0, 0.05) is 5.92 Å². The summed E-state index contributed by atoms with van der Waals surface area (Å²) in [5.41, 5.74) is 4.31. The van der Waals surface area contributed by atoms with Gasteiger partial charge in [-0.15, -0.1) is 0 Å². The molecule has 0 bridgehead atoms. The van der Waals surface area contributed by atoms with Crippen LogP contribution in [0.25, 0.3) is 16.8 Å². The minimum absolute atomic E-state index is 0.0900. The maximum absolute atomic E-state index is 13.8. The molecule has 1 aliphatic carbocycles. The zero-order chi connectivity index (χ0) is 28.9. The molecule has 4 aromatic rings. The lowest BCUT2D eigenvalue weighted by molar-refractivity contribution is -0.135. The zero-order valence-corrected chi connectivity index (χ0v) is 24.2. The Bertz CT molecular complexity index is 1610. The molecule has 6 heteroatoms. The van der Waals surface area contributed by atoms with Gasteiger partial charge in [0.15, 0.2) is 6.61 Å². The molecule has 1 fully saturated rings. The molecule has 2 atom stereocenters. The normalized spacial score (nSPS) is 19.0. The summed E-state index contributed by atoms with van der Waals surface area (Å²) in [6.07, 6.45) is 5.13.